The fourth-order valence-electron chi connectivity index (χ4n) is 2.86. The Hall–Kier alpha value is -3.87. The van der Waals surface area contributed by atoms with E-state index in [0.29, 0.717) is 29.5 Å². The summed E-state index contributed by atoms with van der Waals surface area (Å²) in [6.45, 7) is 2.42. The Balaban J connectivity index is 1.51. The summed E-state index contributed by atoms with van der Waals surface area (Å²) in [5.41, 5.74) is 2.95. The molecule has 4 aromatic rings. The number of nitrogens with zero attached hydrogens (tertiary/aromatic N) is 3. The van der Waals surface area contributed by atoms with E-state index in [0.717, 1.165) is 11.3 Å². The second-order valence-corrected chi connectivity index (χ2v) is 6.04. The molecule has 28 heavy (non-hydrogen) atoms. The van der Waals surface area contributed by atoms with Gasteiger partial charge in [0, 0.05) is 29.8 Å². The van der Waals surface area contributed by atoms with Crippen LogP contribution in [0.4, 0.5) is 16.2 Å². The molecule has 0 aliphatic carbocycles. The lowest BCUT2D eigenvalue weighted by atomic mass is 10.1. The number of anilines is 2. The fourth-order valence-corrected chi connectivity index (χ4v) is 2.86. The van der Waals surface area contributed by atoms with E-state index < -0.39 is 0 Å². The third-order valence-corrected chi connectivity index (χ3v) is 4.09. The van der Waals surface area contributed by atoms with Crippen molar-refractivity contribution in [2.45, 2.75) is 6.92 Å². The lowest BCUT2D eigenvalue weighted by Crippen LogP contribution is -2.19. The van der Waals surface area contributed by atoms with Crippen LogP contribution in [0.3, 0.4) is 0 Å². The van der Waals surface area contributed by atoms with Crippen LogP contribution in [0.5, 0.6) is 5.75 Å². The molecule has 7 nitrogen and oxygen atoms in total. The van der Waals surface area contributed by atoms with Crippen molar-refractivity contribution in [2.24, 2.45) is 0 Å². The molecule has 2 heterocycles. The van der Waals surface area contributed by atoms with Crippen LogP contribution in [0, 0.1) is 0 Å². The monoisotopic (exact) mass is 373 g/mol. The number of amides is 2. The molecule has 2 amide bonds. The Kier molecular flexibility index (Phi) is 4.88. The number of nitrogens with one attached hydrogen (secondary N) is 2. The lowest BCUT2D eigenvalue weighted by Gasteiger charge is -2.12. The molecular formula is C21H19N5O2. The van der Waals surface area contributed by atoms with Crippen LogP contribution < -0.4 is 15.4 Å². The van der Waals surface area contributed by atoms with Crippen molar-refractivity contribution >= 4 is 23.2 Å². The maximum absolute atomic E-state index is 12.4. The molecule has 0 aliphatic heterocycles. The summed E-state index contributed by atoms with van der Waals surface area (Å²) in [4.78, 5) is 21.2. The van der Waals surface area contributed by atoms with Crippen molar-refractivity contribution in [2.75, 3.05) is 17.2 Å². The van der Waals surface area contributed by atoms with Crippen LogP contribution in [0.15, 0.2) is 73.2 Å². The molecule has 0 aliphatic rings. The number of carbonyl (C=O) groups is 1. The highest BCUT2D eigenvalue weighted by Gasteiger charge is 2.09. The van der Waals surface area contributed by atoms with Crippen LogP contribution in [-0.4, -0.2) is 27.0 Å². The first-order valence-electron chi connectivity index (χ1n) is 8.93. The maximum Gasteiger partial charge on any atom is 0.323 e. The van der Waals surface area contributed by atoms with Gasteiger partial charge in [-0.05, 0) is 37.3 Å². The van der Waals surface area contributed by atoms with Crippen LogP contribution in [0.25, 0.3) is 17.0 Å². The average molecular weight is 373 g/mol. The zero-order valence-electron chi connectivity index (χ0n) is 15.3. The lowest BCUT2D eigenvalue weighted by molar-refractivity contribution is 0.262. The highest BCUT2D eigenvalue weighted by Crippen LogP contribution is 2.25. The first-order chi connectivity index (χ1) is 13.7. The number of rotatable bonds is 5. The molecule has 0 saturated heterocycles. The van der Waals surface area contributed by atoms with Gasteiger partial charge in [-0.3, -0.25) is 4.40 Å². The van der Waals surface area contributed by atoms with E-state index in [-0.39, 0.29) is 6.03 Å². The molecule has 0 spiro atoms. The third-order valence-electron chi connectivity index (χ3n) is 4.09. The Morgan fingerprint density at radius 1 is 1.11 bits per heavy atom. The number of carbonyl (C=O) groups excluding carboxylic acids is 1. The number of hydrogen-bond acceptors (Lipinski definition) is 4. The van der Waals surface area contributed by atoms with E-state index in [9.17, 15) is 4.79 Å². The highest BCUT2D eigenvalue weighted by atomic mass is 16.5. The molecule has 0 bridgehead atoms. The third kappa shape index (κ3) is 3.78. The molecule has 7 heteroatoms. The Morgan fingerprint density at radius 2 is 2.00 bits per heavy atom. The molecule has 2 N–H and O–H groups in total. The van der Waals surface area contributed by atoms with Gasteiger partial charge in [0.25, 0.3) is 0 Å². The summed E-state index contributed by atoms with van der Waals surface area (Å²) in [5, 5.41) is 5.67. The average Bonchev–Trinajstić information content (AvgIpc) is 3.14. The highest BCUT2D eigenvalue weighted by molar-refractivity contribution is 6.01. The Labute approximate surface area is 162 Å². The topological polar surface area (TPSA) is 80.5 Å². The summed E-state index contributed by atoms with van der Waals surface area (Å²) in [7, 11) is 0. The van der Waals surface area contributed by atoms with Gasteiger partial charge in [-0.2, -0.15) is 0 Å². The zero-order valence-corrected chi connectivity index (χ0v) is 15.3. The number of benzene rings is 2. The molecule has 0 unspecified atom stereocenters. The van der Waals surface area contributed by atoms with Gasteiger partial charge in [0.15, 0.2) is 0 Å². The van der Waals surface area contributed by atoms with Crippen LogP contribution in [0.2, 0.25) is 0 Å². The van der Waals surface area contributed by atoms with E-state index >= 15 is 0 Å². The van der Waals surface area contributed by atoms with Gasteiger partial charge in [-0.15, -0.1) is 0 Å². The van der Waals surface area contributed by atoms with Crippen molar-refractivity contribution in [3.05, 3.63) is 73.2 Å². The van der Waals surface area contributed by atoms with E-state index in [4.69, 9.17) is 4.74 Å². The first-order valence-corrected chi connectivity index (χ1v) is 8.93. The Bertz CT molecular complexity index is 1090. The van der Waals surface area contributed by atoms with E-state index in [1.165, 1.54) is 0 Å². The molecule has 4 rings (SSSR count). The van der Waals surface area contributed by atoms with E-state index in [2.05, 4.69) is 20.6 Å². The van der Waals surface area contributed by atoms with Crippen LogP contribution in [0.1, 0.15) is 6.92 Å². The largest absolute Gasteiger partial charge is 0.492 e. The summed E-state index contributed by atoms with van der Waals surface area (Å²) >= 11 is 0. The predicted molar refractivity (Wildman–Crippen MR) is 109 cm³/mol. The second kappa shape index (κ2) is 7.79. The summed E-state index contributed by atoms with van der Waals surface area (Å²) in [6, 6.07) is 16.3. The van der Waals surface area contributed by atoms with Crippen molar-refractivity contribution in [3.8, 4) is 17.0 Å². The zero-order chi connectivity index (χ0) is 19.3. The number of fused-ring (bicyclic) bond motifs is 1. The molecule has 0 fully saturated rings. The van der Waals surface area contributed by atoms with Gasteiger partial charge < -0.3 is 15.4 Å². The molecule has 140 valence electrons. The summed E-state index contributed by atoms with van der Waals surface area (Å²) in [6.07, 6.45) is 5.50. The minimum atomic E-state index is -0.346. The molecule has 0 atom stereocenters. The first kappa shape index (κ1) is 17.5. The number of para-hydroxylation sites is 2. The SMILES string of the molecule is CCOc1ccccc1NC(=O)Nc1cccc(-c2cn3cccnc3n2)c1. The van der Waals surface area contributed by atoms with Gasteiger partial charge >= 0.3 is 6.03 Å². The number of hydrogen-bond donors (Lipinski definition) is 2. The van der Waals surface area contributed by atoms with E-state index in [1.54, 1.807) is 12.3 Å². The van der Waals surface area contributed by atoms with Crippen molar-refractivity contribution in [1.82, 2.24) is 14.4 Å². The second-order valence-electron chi connectivity index (χ2n) is 6.04. The number of ether oxygens (including phenoxy) is 1. The smallest absolute Gasteiger partial charge is 0.323 e. The molecule has 0 radical (unpaired) electrons. The van der Waals surface area contributed by atoms with Gasteiger partial charge in [-0.25, -0.2) is 14.8 Å². The van der Waals surface area contributed by atoms with Gasteiger partial charge in [0.1, 0.15) is 5.75 Å². The quantitative estimate of drug-likeness (QED) is 0.542. The molecule has 2 aromatic carbocycles. The fraction of sp³-hybridized carbons (Fsp3) is 0.0952. The number of aromatic nitrogens is 3. The minimum Gasteiger partial charge on any atom is -0.492 e. The standard InChI is InChI=1S/C21H19N5O2/c1-2-28-19-10-4-3-9-17(19)25-21(27)23-16-8-5-7-15(13-16)18-14-26-12-6-11-22-20(26)24-18/h3-14H,2H2,1H3,(H2,23,25,27). The molecular weight excluding hydrogens is 354 g/mol. The van der Waals surface area contributed by atoms with Gasteiger partial charge in [0.05, 0.1) is 18.0 Å². The maximum atomic E-state index is 12.4. The predicted octanol–water partition coefficient (Wildman–Crippen LogP) is 4.44. The number of imidazole rings is 1. The van der Waals surface area contributed by atoms with Crippen molar-refractivity contribution in [1.29, 1.82) is 0 Å². The number of urea groups is 1. The van der Waals surface area contributed by atoms with Crippen LogP contribution >= 0.6 is 0 Å². The summed E-state index contributed by atoms with van der Waals surface area (Å²) in [5.74, 6) is 1.26. The summed E-state index contributed by atoms with van der Waals surface area (Å²) < 4.78 is 7.39. The minimum absolute atomic E-state index is 0.346. The van der Waals surface area contributed by atoms with Gasteiger partial charge in [0.2, 0.25) is 5.78 Å². The van der Waals surface area contributed by atoms with Crippen molar-refractivity contribution in [3.63, 3.8) is 0 Å². The molecule has 0 saturated carbocycles. The van der Waals surface area contributed by atoms with Crippen LogP contribution in [-0.2, 0) is 0 Å². The van der Waals surface area contributed by atoms with Crippen molar-refractivity contribution < 1.29 is 9.53 Å². The normalized spacial score (nSPS) is 10.6. The molecule has 2 aromatic heterocycles. The van der Waals surface area contributed by atoms with Gasteiger partial charge in [-0.1, -0.05) is 24.3 Å². The Morgan fingerprint density at radius 3 is 2.86 bits per heavy atom. The van der Waals surface area contributed by atoms with E-state index in [1.807, 2.05) is 72.2 Å².